The number of halogens is 1. The molecule has 1 aromatic heterocycles. The zero-order chi connectivity index (χ0) is 19.0. The maximum Gasteiger partial charge on any atom is 0.292 e. The molecule has 1 saturated heterocycles. The first-order valence-electron chi connectivity index (χ1n) is 8.59. The minimum atomic E-state index is -0.374. The molecule has 2 aromatic carbocycles. The van der Waals surface area contributed by atoms with Gasteiger partial charge in [-0.05, 0) is 24.3 Å². The molecule has 8 heteroatoms. The molecule has 0 bridgehead atoms. The standard InChI is InChI=1S/C19H17ClN4O3/c20-14-4-3-5-15-13(14)12-16(21-15)19(25)23-10-8-22(9-11-23)17-6-1-2-7-18(17)24(26)27/h1-7,12,21H,8-11H2. The zero-order valence-electron chi connectivity index (χ0n) is 14.4. The number of piperazine rings is 1. The van der Waals surface area contributed by atoms with E-state index < -0.39 is 0 Å². The molecule has 3 aromatic rings. The lowest BCUT2D eigenvalue weighted by Gasteiger charge is -2.35. The highest BCUT2D eigenvalue weighted by molar-refractivity contribution is 6.35. The molecule has 1 fully saturated rings. The largest absolute Gasteiger partial charge is 0.362 e. The fourth-order valence-corrected chi connectivity index (χ4v) is 3.67. The topological polar surface area (TPSA) is 82.5 Å². The van der Waals surface area contributed by atoms with Crippen LogP contribution < -0.4 is 4.90 Å². The highest BCUT2D eigenvalue weighted by Crippen LogP contribution is 2.29. The molecule has 0 aliphatic carbocycles. The third-order valence-electron chi connectivity index (χ3n) is 4.83. The SMILES string of the molecule is O=C(c1cc2c(Cl)cccc2[nH]1)N1CCN(c2ccccc2[N+](=O)[O-])CC1. The lowest BCUT2D eigenvalue weighted by molar-refractivity contribution is -0.384. The van der Waals surface area contributed by atoms with Crippen molar-refractivity contribution in [2.75, 3.05) is 31.1 Å². The molecule has 0 spiro atoms. The van der Waals surface area contributed by atoms with Gasteiger partial charge in [-0.1, -0.05) is 29.8 Å². The number of hydrogen-bond acceptors (Lipinski definition) is 4. The van der Waals surface area contributed by atoms with Crippen LogP contribution in [0.15, 0.2) is 48.5 Å². The van der Waals surface area contributed by atoms with Gasteiger partial charge in [-0.2, -0.15) is 0 Å². The van der Waals surface area contributed by atoms with Gasteiger partial charge in [0.15, 0.2) is 0 Å². The molecule has 1 N–H and O–H groups in total. The van der Waals surface area contributed by atoms with Crippen molar-refractivity contribution in [3.8, 4) is 0 Å². The molecule has 4 rings (SSSR count). The monoisotopic (exact) mass is 384 g/mol. The van der Waals surface area contributed by atoms with Gasteiger partial charge in [0.1, 0.15) is 11.4 Å². The van der Waals surface area contributed by atoms with Crippen molar-refractivity contribution in [2.24, 2.45) is 0 Å². The van der Waals surface area contributed by atoms with E-state index in [9.17, 15) is 14.9 Å². The number of aromatic nitrogens is 1. The summed E-state index contributed by atoms with van der Waals surface area (Å²) in [5, 5.41) is 12.7. The zero-order valence-corrected chi connectivity index (χ0v) is 15.1. The summed E-state index contributed by atoms with van der Waals surface area (Å²) in [6, 6.07) is 14.0. The summed E-state index contributed by atoms with van der Waals surface area (Å²) in [7, 11) is 0. The number of carbonyl (C=O) groups excluding carboxylic acids is 1. The number of nitro benzene ring substituents is 1. The number of fused-ring (bicyclic) bond motifs is 1. The maximum absolute atomic E-state index is 12.8. The van der Waals surface area contributed by atoms with Crippen LogP contribution in [-0.4, -0.2) is 46.9 Å². The summed E-state index contributed by atoms with van der Waals surface area (Å²) in [5.41, 5.74) is 2.00. The Morgan fingerprint density at radius 2 is 1.81 bits per heavy atom. The Balaban J connectivity index is 1.50. The predicted molar refractivity (Wildman–Crippen MR) is 105 cm³/mol. The fourth-order valence-electron chi connectivity index (χ4n) is 3.44. The molecule has 1 amide bonds. The quantitative estimate of drug-likeness (QED) is 0.551. The number of anilines is 1. The van der Waals surface area contributed by atoms with E-state index in [0.717, 1.165) is 10.9 Å². The molecular weight excluding hydrogens is 368 g/mol. The van der Waals surface area contributed by atoms with Crippen LogP contribution >= 0.6 is 11.6 Å². The third-order valence-corrected chi connectivity index (χ3v) is 5.16. The van der Waals surface area contributed by atoms with E-state index in [1.54, 1.807) is 35.2 Å². The van der Waals surface area contributed by atoms with E-state index in [0.29, 0.717) is 42.6 Å². The average molecular weight is 385 g/mol. The van der Waals surface area contributed by atoms with E-state index in [2.05, 4.69) is 4.98 Å². The molecule has 138 valence electrons. The first-order chi connectivity index (χ1) is 13.0. The molecule has 0 unspecified atom stereocenters. The lowest BCUT2D eigenvalue weighted by atomic mass is 10.2. The summed E-state index contributed by atoms with van der Waals surface area (Å²) in [6.07, 6.45) is 0. The number of carbonyl (C=O) groups is 1. The second-order valence-electron chi connectivity index (χ2n) is 6.41. The van der Waals surface area contributed by atoms with Crippen molar-refractivity contribution in [3.63, 3.8) is 0 Å². The minimum Gasteiger partial charge on any atom is -0.362 e. The van der Waals surface area contributed by atoms with Crippen LogP contribution in [-0.2, 0) is 0 Å². The summed E-state index contributed by atoms with van der Waals surface area (Å²) in [5.74, 6) is -0.0931. The second kappa shape index (κ2) is 6.92. The van der Waals surface area contributed by atoms with Gasteiger partial charge < -0.3 is 14.8 Å². The third kappa shape index (κ3) is 3.21. The van der Waals surface area contributed by atoms with Gasteiger partial charge in [0.2, 0.25) is 0 Å². The van der Waals surface area contributed by atoms with Crippen LogP contribution in [0, 0.1) is 10.1 Å². The number of nitrogens with one attached hydrogen (secondary N) is 1. The van der Waals surface area contributed by atoms with Gasteiger partial charge in [0, 0.05) is 48.2 Å². The van der Waals surface area contributed by atoms with Crippen LogP contribution in [0.2, 0.25) is 5.02 Å². The van der Waals surface area contributed by atoms with E-state index >= 15 is 0 Å². The van der Waals surface area contributed by atoms with E-state index in [1.165, 1.54) is 6.07 Å². The van der Waals surface area contributed by atoms with E-state index in [-0.39, 0.29) is 16.5 Å². The van der Waals surface area contributed by atoms with Crippen molar-refractivity contribution in [1.82, 2.24) is 9.88 Å². The Morgan fingerprint density at radius 1 is 1.07 bits per heavy atom. The Morgan fingerprint density at radius 3 is 2.52 bits per heavy atom. The molecule has 2 heterocycles. The number of rotatable bonds is 3. The van der Waals surface area contributed by atoms with E-state index in [4.69, 9.17) is 11.6 Å². The maximum atomic E-state index is 12.8. The summed E-state index contributed by atoms with van der Waals surface area (Å²) in [6.45, 7) is 2.07. The number of para-hydroxylation sites is 2. The Hall–Kier alpha value is -3.06. The van der Waals surface area contributed by atoms with Crippen LogP contribution in [0.25, 0.3) is 10.9 Å². The van der Waals surface area contributed by atoms with Crippen molar-refractivity contribution in [2.45, 2.75) is 0 Å². The smallest absolute Gasteiger partial charge is 0.292 e. The van der Waals surface area contributed by atoms with Crippen molar-refractivity contribution in [3.05, 3.63) is 69.4 Å². The number of amides is 1. The summed E-state index contributed by atoms with van der Waals surface area (Å²) < 4.78 is 0. The lowest BCUT2D eigenvalue weighted by Crippen LogP contribution is -2.49. The second-order valence-corrected chi connectivity index (χ2v) is 6.82. The number of nitro groups is 1. The van der Waals surface area contributed by atoms with E-state index in [1.807, 2.05) is 17.0 Å². The van der Waals surface area contributed by atoms with Gasteiger partial charge in [-0.3, -0.25) is 14.9 Å². The number of H-pyrrole nitrogens is 1. The molecule has 0 radical (unpaired) electrons. The molecule has 1 aliphatic heterocycles. The number of benzene rings is 2. The van der Waals surface area contributed by atoms with Crippen LogP contribution in [0.3, 0.4) is 0 Å². The number of hydrogen-bond donors (Lipinski definition) is 1. The van der Waals surface area contributed by atoms with Gasteiger partial charge in [-0.15, -0.1) is 0 Å². The van der Waals surface area contributed by atoms with Crippen molar-refractivity contribution >= 4 is 39.8 Å². The van der Waals surface area contributed by atoms with Crippen molar-refractivity contribution < 1.29 is 9.72 Å². The Kier molecular flexibility index (Phi) is 4.45. The molecule has 7 nitrogen and oxygen atoms in total. The summed E-state index contributed by atoms with van der Waals surface area (Å²) in [4.78, 5) is 30.5. The molecule has 0 atom stereocenters. The predicted octanol–water partition coefficient (Wildman–Crippen LogP) is 3.69. The van der Waals surface area contributed by atoms with Crippen LogP contribution in [0.5, 0.6) is 0 Å². The first-order valence-corrected chi connectivity index (χ1v) is 8.97. The van der Waals surface area contributed by atoms with Crippen molar-refractivity contribution in [1.29, 1.82) is 0 Å². The average Bonchev–Trinajstić information content (AvgIpc) is 3.13. The first kappa shape index (κ1) is 17.4. The molecular formula is C19H17ClN4O3. The highest BCUT2D eigenvalue weighted by atomic mass is 35.5. The summed E-state index contributed by atoms with van der Waals surface area (Å²) >= 11 is 6.18. The van der Waals surface area contributed by atoms with Crippen LogP contribution in [0.1, 0.15) is 10.5 Å². The molecule has 0 saturated carbocycles. The minimum absolute atomic E-state index is 0.0857. The van der Waals surface area contributed by atoms with Gasteiger partial charge in [0.25, 0.3) is 11.6 Å². The number of aromatic amines is 1. The van der Waals surface area contributed by atoms with Crippen LogP contribution in [0.4, 0.5) is 11.4 Å². The Bertz CT molecular complexity index is 1020. The Labute approximate surface area is 160 Å². The fraction of sp³-hybridized carbons (Fsp3) is 0.211. The van der Waals surface area contributed by atoms with Gasteiger partial charge in [-0.25, -0.2) is 0 Å². The van der Waals surface area contributed by atoms with Gasteiger partial charge >= 0.3 is 0 Å². The normalized spacial score (nSPS) is 14.6. The number of nitrogens with zero attached hydrogens (tertiary/aromatic N) is 3. The molecule has 27 heavy (non-hydrogen) atoms. The highest BCUT2D eigenvalue weighted by Gasteiger charge is 2.26. The van der Waals surface area contributed by atoms with Gasteiger partial charge in [0.05, 0.1) is 4.92 Å². The molecule has 1 aliphatic rings.